The highest BCUT2D eigenvalue weighted by Gasteiger charge is 2.08. The molecule has 0 amide bonds. The van der Waals surface area contributed by atoms with Gasteiger partial charge in [-0.15, -0.1) is 4.91 Å². The van der Waals surface area contributed by atoms with E-state index in [1.807, 2.05) is 0 Å². The highest BCUT2D eigenvalue weighted by Crippen LogP contribution is 2.27. The fourth-order valence-corrected chi connectivity index (χ4v) is 1.91. The average molecular weight is 255 g/mol. The first kappa shape index (κ1) is 11.1. The smallest absolute Gasteiger partial charge is 0.247 e. The lowest BCUT2D eigenvalue weighted by atomic mass is 10.1. The van der Waals surface area contributed by atoms with Crippen LogP contribution in [0.15, 0.2) is 46.6 Å². The van der Waals surface area contributed by atoms with E-state index in [1.54, 1.807) is 30.5 Å². The van der Waals surface area contributed by atoms with Crippen molar-refractivity contribution in [3.05, 3.63) is 51.8 Å². The van der Waals surface area contributed by atoms with E-state index in [4.69, 9.17) is 0 Å². The summed E-state index contributed by atoms with van der Waals surface area (Å²) in [6.45, 7) is 0. The van der Waals surface area contributed by atoms with Crippen molar-refractivity contribution < 1.29 is 0 Å². The molecule has 0 aliphatic carbocycles. The predicted molar refractivity (Wildman–Crippen MR) is 71.6 cm³/mol. The van der Waals surface area contributed by atoms with Crippen LogP contribution in [-0.4, -0.2) is 15.2 Å². The Labute approximate surface area is 106 Å². The summed E-state index contributed by atoms with van der Waals surface area (Å²) in [5, 5.41) is 10.6. The molecule has 3 rings (SSSR count). The number of pyridine rings is 1. The summed E-state index contributed by atoms with van der Waals surface area (Å²) >= 11 is 0. The minimum Gasteiger partial charge on any atom is -0.328 e. The molecule has 3 aromatic rings. The van der Waals surface area contributed by atoms with Crippen LogP contribution in [0.25, 0.3) is 22.2 Å². The molecular weight excluding hydrogens is 246 g/mol. The molecule has 1 aromatic carbocycles. The lowest BCUT2D eigenvalue weighted by Gasteiger charge is -1.99. The van der Waals surface area contributed by atoms with Crippen LogP contribution in [0.1, 0.15) is 0 Å². The number of aromatic amines is 2. The second-order valence-corrected chi connectivity index (χ2v) is 3.98. The SMILES string of the molecule is O=NNc1ccc2[nH]nc(-c3ccc(=O)[nH]c3)c2c1. The van der Waals surface area contributed by atoms with Gasteiger partial charge in [0.25, 0.3) is 0 Å². The molecule has 19 heavy (non-hydrogen) atoms. The summed E-state index contributed by atoms with van der Waals surface area (Å²) in [7, 11) is 0. The van der Waals surface area contributed by atoms with E-state index in [0.717, 1.165) is 16.5 Å². The third-order valence-corrected chi connectivity index (χ3v) is 2.80. The molecule has 94 valence electrons. The Hall–Kier alpha value is -2.96. The Kier molecular flexibility index (Phi) is 2.57. The van der Waals surface area contributed by atoms with Gasteiger partial charge >= 0.3 is 0 Å². The topological polar surface area (TPSA) is 103 Å². The van der Waals surface area contributed by atoms with Crippen LogP contribution in [0.3, 0.4) is 0 Å². The first-order valence-electron chi connectivity index (χ1n) is 5.53. The maximum absolute atomic E-state index is 11.1. The van der Waals surface area contributed by atoms with Crippen LogP contribution < -0.4 is 11.0 Å². The molecule has 7 nitrogen and oxygen atoms in total. The Morgan fingerprint density at radius 2 is 2.11 bits per heavy atom. The standard InChI is InChI=1S/C12H9N5O2/c18-11-4-1-7(6-13-11)12-9-5-8(14-17-19)2-3-10(9)15-16-12/h1-6H,(H,13,18)(H,14,19)(H,15,16). The summed E-state index contributed by atoms with van der Waals surface area (Å²) < 4.78 is 0. The van der Waals surface area contributed by atoms with Crippen LogP contribution in [0.4, 0.5) is 5.69 Å². The maximum Gasteiger partial charge on any atom is 0.247 e. The minimum absolute atomic E-state index is 0.170. The zero-order valence-electron chi connectivity index (χ0n) is 9.68. The van der Waals surface area contributed by atoms with Crippen molar-refractivity contribution in [3.8, 4) is 11.3 Å². The van der Waals surface area contributed by atoms with Crippen LogP contribution in [0.2, 0.25) is 0 Å². The van der Waals surface area contributed by atoms with Gasteiger partial charge in [0.05, 0.1) is 16.5 Å². The minimum atomic E-state index is -0.170. The van der Waals surface area contributed by atoms with E-state index in [1.165, 1.54) is 6.07 Å². The fraction of sp³-hybridized carbons (Fsp3) is 0. The van der Waals surface area contributed by atoms with Gasteiger partial charge in [0.15, 0.2) is 0 Å². The molecule has 0 saturated carbocycles. The number of aromatic nitrogens is 3. The van der Waals surface area contributed by atoms with Crippen molar-refractivity contribution in [1.29, 1.82) is 0 Å². The number of anilines is 1. The molecule has 0 radical (unpaired) electrons. The average Bonchev–Trinajstić information content (AvgIpc) is 2.83. The van der Waals surface area contributed by atoms with E-state index < -0.39 is 0 Å². The van der Waals surface area contributed by atoms with E-state index >= 15 is 0 Å². The molecule has 0 fully saturated rings. The quantitative estimate of drug-likeness (QED) is 0.492. The molecule has 2 heterocycles. The van der Waals surface area contributed by atoms with Crippen molar-refractivity contribution in [2.45, 2.75) is 0 Å². The molecule has 0 unspecified atom stereocenters. The summed E-state index contributed by atoms with van der Waals surface area (Å²) in [4.78, 5) is 23.9. The van der Waals surface area contributed by atoms with Gasteiger partial charge in [-0.25, -0.2) is 5.43 Å². The summed E-state index contributed by atoms with van der Waals surface area (Å²) in [6.07, 6.45) is 1.59. The Bertz CT molecular complexity index is 785. The number of H-pyrrole nitrogens is 2. The van der Waals surface area contributed by atoms with Crippen molar-refractivity contribution in [3.63, 3.8) is 0 Å². The summed E-state index contributed by atoms with van der Waals surface area (Å²) in [5.74, 6) is 0. The van der Waals surface area contributed by atoms with E-state index in [0.29, 0.717) is 11.4 Å². The highest BCUT2D eigenvalue weighted by atomic mass is 16.3. The van der Waals surface area contributed by atoms with Crippen molar-refractivity contribution in [2.75, 3.05) is 5.43 Å². The van der Waals surface area contributed by atoms with Gasteiger partial charge in [-0.05, 0) is 24.3 Å². The largest absolute Gasteiger partial charge is 0.328 e. The lowest BCUT2D eigenvalue weighted by Crippen LogP contribution is -2.01. The molecule has 7 heteroatoms. The van der Waals surface area contributed by atoms with Gasteiger partial charge in [-0.2, -0.15) is 5.10 Å². The van der Waals surface area contributed by atoms with Gasteiger partial charge < -0.3 is 4.98 Å². The van der Waals surface area contributed by atoms with Crippen LogP contribution in [-0.2, 0) is 0 Å². The number of nitrogens with zero attached hydrogens (tertiary/aromatic N) is 2. The number of nitrogens with one attached hydrogen (secondary N) is 3. The zero-order valence-corrected chi connectivity index (χ0v) is 9.68. The first-order chi connectivity index (χ1) is 9.28. The number of benzene rings is 1. The lowest BCUT2D eigenvalue weighted by molar-refractivity contribution is 1.12. The molecule has 0 aliphatic heterocycles. The Morgan fingerprint density at radius 3 is 2.84 bits per heavy atom. The Morgan fingerprint density at radius 1 is 1.21 bits per heavy atom. The van der Waals surface area contributed by atoms with E-state index in [-0.39, 0.29) is 5.56 Å². The molecule has 0 saturated heterocycles. The van der Waals surface area contributed by atoms with Crippen LogP contribution in [0.5, 0.6) is 0 Å². The second kappa shape index (κ2) is 4.37. The van der Waals surface area contributed by atoms with Gasteiger partial charge in [-0.3, -0.25) is 9.89 Å². The molecule has 3 N–H and O–H groups in total. The Balaban J connectivity index is 2.17. The third kappa shape index (κ3) is 1.97. The molecule has 0 aliphatic rings. The second-order valence-electron chi connectivity index (χ2n) is 3.98. The molecule has 2 aromatic heterocycles. The number of nitroso groups, excluding NO2 is 1. The fourth-order valence-electron chi connectivity index (χ4n) is 1.91. The van der Waals surface area contributed by atoms with Gasteiger partial charge in [-0.1, -0.05) is 0 Å². The zero-order chi connectivity index (χ0) is 13.2. The third-order valence-electron chi connectivity index (χ3n) is 2.80. The van der Waals surface area contributed by atoms with Gasteiger partial charge in [0, 0.05) is 23.2 Å². The van der Waals surface area contributed by atoms with Crippen LogP contribution in [0, 0.1) is 4.91 Å². The number of fused-ring (bicyclic) bond motifs is 1. The van der Waals surface area contributed by atoms with E-state index in [2.05, 4.69) is 25.9 Å². The summed E-state index contributed by atoms with van der Waals surface area (Å²) in [6, 6.07) is 8.40. The predicted octanol–water partition coefficient (Wildman–Crippen LogP) is 2.01. The molecule has 0 atom stereocenters. The maximum atomic E-state index is 11.1. The van der Waals surface area contributed by atoms with Gasteiger partial charge in [0.1, 0.15) is 5.69 Å². The monoisotopic (exact) mass is 255 g/mol. The van der Waals surface area contributed by atoms with Crippen LogP contribution >= 0.6 is 0 Å². The van der Waals surface area contributed by atoms with Gasteiger partial charge in [0.2, 0.25) is 5.56 Å². The molecule has 0 spiro atoms. The van der Waals surface area contributed by atoms with Crippen molar-refractivity contribution in [2.24, 2.45) is 5.29 Å². The molecular formula is C12H9N5O2. The van der Waals surface area contributed by atoms with Crippen molar-refractivity contribution >= 4 is 16.6 Å². The number of hydrogen-bond donors (Lipinski definition) is 3. The number of hydrogen-bond acceptors (Lipinski definition) is 4. The number of rotatable bonds is 3. The highest BCUT2D eigenvalue weighted by molar-refractivity contribution is 5.94. The van der Waals surface area contributed by atoms with E-state index in [9.17, 15) is 9.70 Å². The van der Waals surface area contributed by atoms with Crippen molar-refractivity contribution in [1.82, 2.24) is 15.2 Å². The summed E-state index contributed by atoms with van der Waals surface area (Å²) in [5.41, 5.74) is 5.06. The molecule has 0 bridgehead atoms. The first-order valence-corrected chi connectivity index (χ1v) is 5.53. The normalized spacial score (nSPS) is 10.5.